The van der Waals surface area contributed by atoms with E-state index in [1.54, 1.807) is 0 Å². The second kappa shape index (κ2) is 8.68. The van der Waals surface area contributed by atoms with Gasteiger partial charge in [0.15, 0.2) is 11.9 Å². The molecular formula is C11H15N3O6. The molecule has 0 aromatic carbocycles. The molecule has 20 heavy (non-hydrogen) atoms. The van der Waals surface area contributed by atoms with E-state index in [2.05, 4.69) is 14.8 Å². The summed E-state index contributed by atoms with van der Waals surface area (Å²) in [6, 6.07) is -1.35. The number of methoxy groups -OCH3 is 1. The van der Waals surface area contributed by atoms with Crippen LogP contribution in [0.3, 0.4) is 0 Å². The molecule has 0 unspecified atom stereocenters. The number of ether oxygens (including phenoxy) is 1. The molecule has 0 aliphatic heterocycles. The van der Waals surface area contributed by atoms with Gasteiger partial charge >= 0.3 is 12.2 Å². The fourth-order valence-electron chi connectivity index (χ4n) is 1.38. The molecule has 0 rings (SSSR count). The van der Waals surface area contributed by atoms with Crippen molar-refractivity contribution in [1.29, 1.82) is 0 Å². The topological polar surface area (TPSA) is 146 Å². The lowest BCUT2D eigenvalue weighted by atomic mass is 10.1. The SMILES string of the molecule is CO[C@H](C(C)=O)C(=O)N[C@@H](CCC(=O)C=[N+]=[N-])C(=O)O. The van der Waals surface area contributed by atoms with Gasteiger partial charge < -0.3 is 20.7 Å². The number of carboxylic acids is 1. The van der Waals surface area contributed by atoms with E-state index in [0.29, 0.717) is 6.21 Å². The van der Waals surface area contributed by atoms with Crippen molar-refractivity contribution in [3.63, 3.8) is 0 Å². The molecule has 9 nitrogen and oxygen atoms in total. The van der Waals surface area contributed by atoms with Crippen LogP contribution in [0.15, 0.2) is 0 Å². The van der Waals surface area contributed by atoms with Gasteiger partial charge in [0, 0.05) is 13.5 Å². The van der Waals surface area contributed by atoms with Gasteiger partial charge in [-0.2, -0.15) is 4.79 Å². The summed E-state index contributed by atoms with van der Waals surface area (Å²) < 4.78 is 4.64. The number of nitrogens with one attached hydrogen (secondary N) is 1. The zero-order valence-electron chi connectivity index (χ0n) is 11.0. The lowest BCUT2D eigenvalue weighted by molar-refractivity contribution is -0.147. The zero-order valence-corrected chi connectivity index (χ0v) is 11.0. The molecule has 110 valence electrons. The first kappa shape index (κ1) is 17.6. The number of aliphatic carboxylic acids is 1. The Morgan fingerprint density at radius 1 is 1.40 bits per heavy atom. The molecule has 0 radical (unpaired) electrons. The van der Waals surface area contributed by atoms with Crippen LogP contribution >= 0.6 is 0 Å². The molecular weight excluding hydrogens is 270 g/mol. The summed E-state index contributed by atoms with van der Waals surface area (Å²) in [5, 5.41) is 11.0. The second-order valence-corrected chi connectivity index (χ2v) is 3.88. The van der Waals surface area contributed by atoms with Gasteiger partial charge in [-0.15, -0.1) is 0 Å². The Balaban J connectivity index is 4.66. The molecule has 0 spiro atoms. The van der Waals surface area contributed by atoms with Crippen LogP contribution in [0.2, 0.25) is 0 Å². The smallest absolute Gasteiger partial charge is 0.326 e. The third-order valence-corrected chi connectivity index (χ3v) is 2.34. The van der Waals surface area contributed by atoms with E-state index < -0.39 is 35.6 Å². The predicted octanol–water partition coefficient (Wildman–Crippen LogP) is -1.19. The van der Waals surface area contributed by atoms with Crippen molar-refractivity contribution in [3.05, 3.63) is 5.53 Å². The fourth-order valence-corrected chi connectivity index (χ4v) is 1.38. The van der Waals surface area contributed by atoms with E-state index in [1.165, 1.54) is 0 Å². The van der Waals surface area contributed by atoms with Crippen LogP contribution < -0.4 is 5.32 Å². The van der Waals surface area contributed by atoms with Crippen molar-refractivity contribution >= 4 is 29.7 Å². The Kier molecular flexibility index (Phi) is 7.64. The molecule has 2 N–H and O–H groups in total. The predicted molar refractivity (Wildman–Crippen MR) is 65.0 cm³/mol. The van der Waals surface area contributed by atoms with Gasteiger partial charge in [-0.05, 0) is 13.3 Å². The summed E-state index contributed by atoms with van der Waals surface area (Å²) in [5.74, 6) is -3.42. The van der Waals surface area contributed by atoms with Gasteiger partial charge in [0.1, 0.15) is 6.04 Å². The highest BCUT2D eigenvalue weighted by Gasteiger charge is 2.28. The molecule has 0 aliphatic rings. The second-order valence-electron chi connectivity index (χ2n) is 3.88. The lowest BCUT2D eigenvalue weighted by Crippen LogP contribution is -2.48. The zero-order chi connectivity index (χ0) is 15.7. The number of carbonyl (C=O) groups is 4. The lowest BCUT2D eigenvalue weighted by Gasteiger charge is -2.17. The van der Waals surface area contributed by atoms with Crippen molar-refractivity contribution in [2.45, 2.75) is 31.9 Å². The number of hydrogen-bond acceptors (Lipinski definition) is 5. The Labute approximate surface area is 114 Å². The molecule has 0 heterocycles. The maximum absolute atomic E-state index is 11.6. The van der Waals surface area contributed by atoms with Crippen molar-refractivity contribution in [1.82, 2.24) is 5.32 Å². The number of Topliss-reactive ketones (excluding diaryl/α,β-unsaturated/α-hetero) is 2. The summed E-state index contributed by atoms with van der Waals surface area (Å²) in [6.45, 7) is 1.13. The standard InChI is InChI=1S/C11H15N3O6/c1-6(15)9(20-2)10(17)14-8(11(18)19)4-3-7(16)5-13-12/h5,8-9H,3-4H2,1-2H3,(H,14,17)(H,18,19)/t8-,9+/m0/s1. The minimum Gasteiger partial charge on any atom is -0.480 e. The van der Waals surface area contributed by atoms with Gasteiger partial charge in [0.25, 0.3) is 5.91 Å². The average molecular weight is 285 g/mol. The van der Waals surface area contributed by atoms with Crippen molar-refractivity contribution in [2.24, 2.45) is 0 Å². The Morgan fingerprint density at radius 3 is 2.40 bits per heavy atom. The van der Waals surface area contributed by atoms with Crippen LogP contribution in [0.25, 0.3) is 5.53 Å². The van der Waals surface area contributed by atoms with Crippen molar-refractivity contribution in [3.8, 4) is 0 Å². The quantitative estimate of drug-likeness (QED) is 0.236. The number of carbonyl (C=O) groups excluding carboxylic acids is 3. The fraction of sp³-hybridized carbons (Fsp3) is 0.545. The van der Waals surface area contributed by atoms with Gasteiger partial charge in [-0.25, -0.2) is 4.79 Å². The Morgan fingerprint density at radius 2 is 2.00 bits per heavy atom. The van der Waals surface area contributed by atoms with E-state index in [4.69, 9.17) is 10.6 Å². The van der Waals surface area contributed by atoms with Crippen LogP contribution in [0.1, 0.15) is 19.8 Å². The minimum absolute atomic E-state index is 0.208. The monoisotopic (exact) mass is 285 g/mol. The highest BCUT2D eigenvalue weighted by atomic mass is 16.5. The molecule has 0 saturated heterocycles. The van der Waals surface area contributed by atoms with E-state index in [-0.39, 0.29) is 12.8 Å². The molecule has 0 aromatic rings. The maximum Gasteiger partial charge on any atom is 0.326 e. The number of hydrogen-bond donors (Lipinski definition) is 2. The van der Waals surface area contributed by atoms with Crippen LogP contribution in [0.4, 0.5) is 0 Å². The van der Waals surface area contributed by atoms with E-state index in [9.17, 15) is 19.2 Å². The van der Waals surface area contributed by atoms with Crippen molar-refractivity contribution in [2.75, 3.05) is 7.11 Å². The normalized spacial score (nSPS) is 12.7. The minimum atomic E-state index is -1.40. The van der Waals surface area contributed by atoms with Crippen LogP contribution in [-0.4, -0.2) is 58.8 Å². The molecule has 0 saturated carbocycles. The highest BCUT2D eigenvalue weighted by molar-refractivity contribution is 6.25. The highest BCUT2D eigenvalue weighted by Crippen LogP contribution is 2.01. The van der Waals surface area contributed by atoms with E-state index in [1.807, 2.05) is 0 Å². The van der Waals surface area contributed by atoms with Crippen LogP contribution in [-0.2, 0) is 23.9 Å². The molecule has 0 fully saturated rings. The first-order chi connectivity index (χ1) is 9.33. The molecule has 1 amide bonds. The Bertz CT molecular complexity index is 455. The van der Waals surface area contributed by atoms with Gasteiger partial charge in [0.2, 0.25) is 5.78 Å². The maximum atomic E-state index is 11.6. The number of amides is 1. The van der Waals surface area contributed by atoms with Crippen molar-refractivity contribution < 1.29 is 33.8 Å². The number of ketones is 2. The number of rotatable bonds is 9. The van der Waals surface area contributed by atoms with Gasteiger partial charge in [-0.3, -0.25) is 14.4 Å². The summed E-state index contributed by atoms with van der Waals surface area (Å²) in [7, 11) is 1.14. The molecule has 9 heteroatoms. The Hall–Kier alpha value is -2.38. The summed E-state index contributed by atoms with van der Waals surface area (Å²) in [4.78, 5) is 47.2. The largest absolute Gasteiger partial charge is 0.480 e. The summed E-state index contributed by atoms with van der Waals surface area (Å²) in [5.41, 5.74) is 8.13. The van der Waals surface area contributed by atoms with Gasteiger partial charge in [0.05, 0.1) is 0 Å². The van der Waals surface area contributed by atoms with E-state index >= 15 is 0 Å². The molecule has 0 aliphatic carbocycles. The summed E-state index contributed by atoms with van der Waals surface area (Å²) in [6.07, 6.45) is -1.21. The third-order valence-electron chi connectivity index (χ3n) is 2.34. The molecule has 2 atom stereocenters. The summed E-state index contributed by atoms with van der Waals surface area (Å²) >= 11 is 0. The van der Waals surface area contributed by atoms with Gasteiger partial charge in [-0.1, -0.05) is 0 Å². The molecule has 0 aromatic heterocycles. The average Bonchev–Trinajstić information content (AvgIpc) is 2.34. The van der Waals surface area contributed by atoms with Crippen LogP contribution in [0, 0.1) is 0 Å². The van der Waals surface area contributed by atoms with Crippen LogP contribution in [0.5, 0.6) is 0 Å². The third kappa shape index (κ3) is 5.98. The first-order valence-electron chi connectivity index (χ1n) is 5.60. The molecule has 0 bridgehead atoms. The number of carboxylic acid groups (broad SMARTS) is 1. The first-order valence-corrected chi connectivity index (χ1v) is 5.60. The van der Waals surface area contributed by atoms with E-state index in [0.717, 1.165) is 14.0 Å². The number of nitrogens with zero attached hydrogens (tertiary/aromatic N) is 2.